The van der Waals surface area contributed by atoms with E-state index in [-0.39, 0.29) is 0 Å². The van der Waals surface area contributed by atoms with Gasteiger partial charge in [-0.2, -0.15) is 0 Å². The number of fused-ring (bicyclic) bond motifs is 7. The van der Waals surface area contributed by atoms with Crippen LogP contribution in [0.5, 0.6) is 0 Å². The molecule has 0 N–H and O–H groups in total. The van der Waals surface area contributed by atoms with E-state index < -0.39 is 0 Å². The van der Waals surface area contributed by atoms with Crippen molar-refractivity contribution in [3.05, 3.63) is 261 Å². The molecule has 13 aromatic rings. The largest absolute Gasteiger partial charge is 0.310 e. The molecule has 1 aromatic heterocycles. The predicted molar refractivity (Wildman–Crippen MR) is 294 cm³/mol. The van der Waals surface area contributed by atoms with E-state index in [0.29, 0.717) is 0 Å². The van der Waals surface area contributed by atoms with Gasteiger partial charge in [0, 0.05) is 37.2 Å². The zero-order valence-corrected chi connectivity index (χ0v) is 38.0. The fraction of sp³-hybridized carbons (Fsp3) is 0. The van der Waals surface area contributed by atoms with E-state index in [1.165, 1.54) is 103 Å². The third-order valence-electron chi connectivity index (χ3n) is 13.6. The summed E-state index contributed by atoms with van der Waals surface area (Å²) in [6.45, 7) is 0. The molecule has 2 heteroatoms. The van der Waals surface area contributed by atoms with Crippen molar-refractivity contribution in [2.75, 3.05) is 4.90 Å². The first-order valence-electron chi connectivity index (χ1n) is 23.3. The minimum atomic E-state index is 1.10. The quantitative estimate of drug-likeness (QED) is 0.137. The fourth-order valence-corrected chi connectivity index (χ4v) is 11.4. The maximum atomic E-state index is 2.42. The van der Waals surface area contributed by atoms with Crippen molar-refractivity contribution in [2.45, 2.75) is 0 Å². The molecule has 0 spiro atoms. The van der Waals surface area contributed by atoms with Gasteiger partial charge in [-0.05, 0) is 149 Å². The lowest BCUT2D eigenvalue weighted by Gasteiger charge is -2.26. The Morgan fingerprint density at radius 3 is 1.46 bits per heavy atom. The van der Waals surface area contributed by atoms with E-state index in [1.54, 1.807) is 0 Å². The summed E-state index contributed by atoms with van der Waals surface area (Å²) in [6, 6.07) is 95.8. The lowest BCUT2D eigenvalue weighted by molar-refractivity contribution is 1.29. The van der Waals surface area contributed by atoms with Gasteiger partial charge >= 0.3 is 0 Å². The van der Waals surface area contributed by atoms with Gasteiger partial charge in [0.05, 0.1) is 0 Å². The number of anilines is 3. The van der Waals surface area contributed by atoms with Gasteiger partial charge in [0.15, 0.2) is 0 Å². The zero-order chi connectivity index (χ0) is 45.0. The molecule has 12 aromatic carbocycles. The van der Waals surface area contributed by atoms with Crippen LogP contribution in [0.4, 0.5) is 17.1 Å². The van der Waals surface area contributed by atoms with E-state index in [4.69, 9.17) is 0 Å². The van der Waals surface area contributed by atoms with Crippen LogP contribution in [-0.4, -0.2) is 0 Å². The maximum Gasteiger partial charge on any atom is 0.0468 e. The summed E-state index contributed by atoms with van der Waals surface area (Å²) < 4.78 is 2.59. The van der Waals surface area contributed by atoms with E-state index in [9.17, 15) is 0 Å². The molecule has 0 aliphatic heterocycles. The van der Waals surface area contributed by atoms with E-state index >= 15 is 0 Å². The van der Waals surface area contributed by atoms with Crippen molar-refractivity contribution in [2.24, 2.45) is 0 Å². The molecule has 0 aliphatic rings. The van der Waals surface area contributed by atoms with Gasteiger partial charge in [0.2, 0.25) is 0 Å². The van der Waals surface area contributed by atoms with Gasteiger partial charge in [-0.25, -0.2) is 0 Å². The molecule has 0 bridgehead atoms. The molecule has 13 rings (SSSR count). The second-order valence-corrected chi connectivity index (χ2v) is 18.7. The second-order valence-electron chi connectivity index (χ2n) is 17.6. The lowest BCUT2D eigenvalue weighted by atomic mass is 9.84. The summed E-state index contributed by atoms with van der Waals surface area (Å²) in [4.78, 5) is 2.42. The molecule has 0 amide bonds. The first kappa shape index (κ1) is 39.8. The normalized spacial score (nSPS) is 11.5. The van der Waals surface area contributed by atoms with Crippen LogP contribution in [0.3, 0.4) is 0 Å². The second kappa shape index (κ2) is 16.7. The van der Waals surface area contributed by atoms with Gasteiger partial charge in [-0.1, -0.05) is 200 Å². The third-order valence-corrected chi connectivity index (χ3v) is 14.8. The van der Waals surface area contributed by atoms with Crippen molar-refractivity contribution in [1.29, 1.82) is 0 Å². The van der Waals surface area contributed by atoms with Crippen LogP contribution in [0, 0.1) is 0 Å². The Labute approximate surface area is 400 Å². The minimum Gasteiger partial charge on any atom is -0.310 e. The Hall–Kier alpha value is -8.56. The molecule has 0 saturated carbocycles. The molecule has 318 valence electrons. The summed E-state index contributed by atoms with van der Waals surface area (Å²) in [5, 5.41) is 10.1. The van der Waals surface area contributed by atoms with Crippen LogP contribution < -0.4 is 4.90 Å². The SMILES string of the molecule is c1ccc(-c2c(-c3ccccc3)c3cc(-c4cccc(N(c5ccc(-c6ccc(-c7ccc8ccccc8c7)cc6)cc5)c5ccc6sc7ccccc7c6c5)c4)ccc3c3ccccc23)cc1. The summed E-state index contributed by atoms with van der Waals surface area (Å²) in [6.07, 6.45) is 0. The lowest BCUT2D eigenvalue weighted by Crippen LogP contribution is -2.10. The van der Waals surface area contributed by atoms with Crippen molar-refractivity contribution < 1.29 is 0 Å². The van der Waals surface area contributed by atoms with Gasteiger partial charge in [-0.15, -0.1) is 11.3 Å². The van der Waals surface area contributed by atoms with Crippen molar-refractivity contribution >= 4 is 80.9 Å². The van der Waals surface area contributed by atoms with Crippen LogP contribution in [0.1, 0.15) is 0 Å². The minimum absolute atomic E-state index is 1.10. The van der Waals surface area contributed by atoms with E-state index in [0.717, 1.165) is 22.6 Å². The fourth-order valence-electron chi connectivity index (χ4n) is 10.3. The number of hydrogen-bond acceptors (Lipinski definition) is 2. The predicted octanol–water partition coefficient (Wildman–Crippen LogP) is 19.3. The molecule has 0 fully saturated rings. The Morgan fingerprint density at radius 1 is 0.221 bits per heavy atom. The number of benzene rings is 12. The van der Waals surface area contributed by atoms with Crippen LogP contribution in [-0.2, 0) is 0 Å². The molecular formula is C66H43NS. The average molecular weight is 882 g/mol. The van der Waals surface area contributed by atoms with Gasteiger partial charge in [-0.3, -0.25) is 0 Å². The monoisotopic (exact) mass is 881 g/mol. The van der Waals surface area contributed by atoms with Gasteiger partial charge in [0.25, 0.3) is 0 Å². The molecule has 1 heterocycles. The van der Waals surface area contributed by atoms with Crippen molar-refractivity contribution in [3.63, 3.8) is 0 Å². The molecule has 68 heavy (non-hydrogen) atoms. The standard InChI is InChI=1S/C66H43NS/c1-3-15-48(16-4-1)65-60-24-10-9-22-57(60)58-38-34-53(42-62(58)66(65)49-17-5-2-6-18-49)51-20-13-21-55(41-51)67(56-37-39-64-61(43-56)59-23-11-12-25-63(59)68-64)54-35-32-46(33-36-54)45-26-28-47(29-27-45)52-31-30-44-14-7-8-19-50(44)40-52/h1-43H. The Morgan fingerprint density at radius 2 is 0.706 bits per heavy atom. The number of thiophene rings is 1. The summed E-state index contributed by atoms with van der Waals surface area (Å²) in [7, 11) is 0. The summed E-state index contributed by atoms with van der Waals surface area (Å²) in [5.41, 5.74) is 15.4. The zero-order valence-electron chi connectivity index (χ0n) is 37.2. The highest BCUT2D eigenvalue weighted by Crippen LogP contribution is 2.47. The summed E-state index contributed by atoms with van der Waals surface area (Å²) >= 11 is 1.85. The molecule has 0 saturated heterocycles. The molecule has 1 nitrogen and oxygen atoms in total. The highest BCUT2D eigenvalue weighted by atomic mass is 32.1. The molecule has 0 aliphatic carbocycles. The van der Waals surface area contributed by atoms with Crippen LogP contribution in [0.2, 0.25) is 0 Å². The Kier molecular flexibility index (Phi) is 9.77. The van der Waals surface area contributed by atoms with Crippen molar-refractivity contribution in [3.8, 4) is 55.6 Å². The molecule has 0 atom stereocenters. The third kappa shape index (κ3) is 7.02. The van der Waals surface area contributed by atoms with Crippen LogP contribution in [0.25, 0.3) is 108 Å². The number of nitrogens with zero attached hydrogens (tertiary/aromatic N) is 1. The van der Waals surface area contributed by atoms with E-state index in [2.05, 4.69) is 266 Å². The molecule has 0 radical (unpaired) electrons. The first-order valence-corrected chi connectivity index (χ1v) is 24.1. The molecule has 0 unspecified atom stereocenters. The summed E-state index contributed by atoms with van der Waals surface area (Å²) in [5.74, 6) is 0. The van der Waals surface area contributed by atoms with E-state index in [1.807, 2.05) is 11.3 Å². The van der Waals surface area contributed by atoms with Gasteiger partial charge < -0.3 is 4.90 Å². The molecular weight excluding hydrogens is 839 g/mol. The van der Waals surface area contributed by atoms with Crippen LogP contribution >= 0.6 is 11.3 Å². The Balaban J connectivity index is 0.933. The van der Waals surface area contributed by atoms with Gasteiger partial charge in [0.1, 0.15) is 0 Å². The highest BCUT2D eigenvalue weighted by Gasteiger charge is 2.20. The Bertz CT molecular complexity index is 4000. The smallest absolute Gasteiger partial charge is 0.0468 e. The topological polar surface area (TPSA) is 3.24 Å². The first-order chi connectivity index (χ1) is 33.7. The highest BCUT2D eigenvalue weighted by molar-refractivity contribution is 7.25. The number of hydrogen-bond donors (Lipinski definition) is 0. The van der Waals surface area contributed by atoms with Crippen LogP contribution in [0.15, 0.2) is 261 Å². The number of rotatable bonds is 8. The average Bonchev–Trinajstić information content (AvgIpc) is 3.79. The van der Waals surface area contributed by atoms with Crippen molar-refractivity contribution in [1.82, 2.24) is 0 Å². The maximum absolute atomic E-state index is 2.42.